The number of carbonyl (C=O) groups is 1. The number of ketones is 1. The molecule has 4 nitrogen and oxygen atoms in total. The highest BCUT2D eigenvalue weighted by atomic mass is 16.1. The van der Waals surface area contributed by atoms with Crippen molar-refractivity contribution in [2.45, 2.75) is 13.3 Å². The van der Waals surface area contributed by atoms with Crippen LogP contribution in [0.25, 0.3) is 21.7 Å². The number of quaternary nitrogens is 1. The van der Waals surface area contributed by atoms with Crippen molar-refractivity contribution in [3.8, 4) is 0 Å². The second kappa shape index (κ2) is 5.87. The molecule has 0 bridgehead atoms. The molecule has 0 amide bonds. The van der Waals surface area contributed by atoms with Gasteiger partial charge in [0.2, 0.25) is 0 Å². The summed E-state index contributed by atoms with van der Waals surface area (Å²) in [6, 6.07) is 11.6. The van der Waals surface area contributed by atoms with Gasteiger partial charge in [-0.15, -0.1) is 0 Å². The first-order valence-corrected chi connectivity index (χ1v) is 8.11. The lowest BCUT2D eigenvalue weighted by molar-refractivity contribution is -0.862. The van der Waals surface area contributed by atoms with Gasteiger partial charge in [0.25, 0.3) is 5.56 Å². The molecule has 1 heterocycles. The number of aromatic nitrogens is 1. The van der Waals surface area contributed by atoms with Crippen molar-refractivity contribution >= 4 is 27.5 Å². The van der Waals surface area contributed by atoms with Gasteiger partial charge in [0.05, 0.1) is 21.1 Å². The maximum atomic E-state index is 12.4. The Morgan fingerprint density at radius 3 is 2.38 bits per heavy atom. The van der Waals surface area contributed by atoms with Crippen LogP contribution in [0.5, 0.6) is 0 Å². The Morgan fingerprint density at radius 2 is 1.71 bits per heavy atom. The van der Waals surface area contributed by atoms with Crippen LogP contribution in [0.1, 0.15) is 11.1 Å². The average molecular weight is 323 g/mol. The molecular formula is C20H23N2O2+. The largest absolute Gasteiger partial charge is 0.325 e. The Hall–Kier alpha value is -2.46. The van der Waals surface area contributed by atoms with Gasteiger partial charge in [-0.25, -0.2) is 0 Å². The number of carbonyl (C=O) groups excluding carboxylic acids is 1. The molecule has 2 aromatic carbocycles. The number of H-pyrrole nitrogens is 1. The standard InChI is InChI=1S/C20H22N2O2/c1-13-9-19-18(11-14(13)10-15(23)12-22(2,3)4)16-7-5-6-8-17(16)20(24)21-19/h5-9,11H,10,12H2,1-4H3/p+1. The maximum absolute atomic E-state index is 12.4. The lowest BCUT2D eigenvalue weighted by atomic mass is 9.97. The van der Waals surface area contributed by atoms with Crippen molar-refractivity contribution < 1.29 is 9.28 Å². The molecule has 0 radical (unpaired) electrons. The van der Waals surface area contributed by atoms with Gasteiger partial charge in [0.1, 0.15) is 6.54 Å². The third kappa shape index (κ3) is 3.24. The third-order valence-corrected chi connectivity index (χ3v) is 4.22. The van der Waals surface area contributed by atoms with E-state index >= 15 is 0 Å². The molecular weight excluding hydrogens is 300 g/mol. The van der Waals surface area contributed by atoms with E-state index in [9.17, 15) is 9.59 Å². The highest BCUT2D eigenvalue weighted by molar-refractivity contribution is 6.05. The van der Waals surface area contributed by atoms with Crippen molar-refractivity contribution in [3.05, 3.63) is 57.9 Å². The van der Waals surface area contributed by atoms with Crippen LogP contribution in [0.2, 0.25) is 0 Å². The molecule has 0 aliphatic carbocycles. The van der Waals surface area contributed by atoms with Gasteiger partial charge < -0.3 is 9.47 Å². The summed E-state index contributed by atoms with van der Waals surface area (Å²) in [5.41, 5.74) is 2.80. The second-order valence-corrected chi connectivity index (χ2v) is 7.49. The number of nitrogens with zero attached hydrogens (tertiary/aromatic N) is 1. The van der Waals surface area contributed by atoms with E-state index in [0.717, 1.165) is 27.4 Å². The number of nitrogens with one attached hydrogen (secondary N) is 1. The summed E-state index contributed by atoms with van der Waals surface area (Å²) in [5, 5.41) is 2.60. The fraction of sp³-hybridized carbons (Fsp3) is 0.300. The Bertz CT molecular complexity index is 994. The first kappa shape index (κ1) is 16.4. The molecule has 3 rings (SSSR count). The zero-order valence-electron chi connectivity index (χ0n) is 14.6. The van der Waals surface area contributed by atoms with Gasteiger partial charge in [-0.1, -0.05) is 18.2 Å². The van der Waals surface area contributed by atoms with Gasteiger partial charge >= 0.3 is 0 Å². The van der Waals surface area contributed by atoms with Gasteiger partial charge in [0, 0.05) is 22.7 Å². The minimum atomic E-state index is -0.0774. The monoisotopic (exact) mass is 323 g/mol. The zero-order chi connectivity index (χ0) is 17.5. The van der Waals surface area contributed by atoms with Crippen LogP contribution in [0.4, 0.5) is 0 Å². The molecule has 3 aromatic rings. The highest BCUT2D eigenvalue weighted by Gasteiger charge is 2.16. The third-order valence-electron chi connectivity index (χ3n) is 4.22. The Kier molecular flexibility index (Phi) is 4.01. The summed E-state index contributed by atoms with van der Waals surface area (Å²) in [6.07, 6.45) is 0.421. The van der Waals surface area contributed by atoms with Gasteiger partial charge in [-0.05, 0) is 41.6 Å². The number of Topliss-reactive ketones (excluding diaryl/α,β-unsaturated/α-hetero) is 1. The van der Waals surface area contributed by atoms with E-state index < -0.39 is 0 Å². The Balaban J connectivity index is 2.12. The maximum Gasteiger partial charge on any atom is 0.256 e. The average Bonchev–Trinajstić information content (AvgIpc) is 2.47. The van der Waals surface area contributed by atoms with Gasteiger partial charge in [-0.3, -0.25) is 9.59 Å². The number of fused-ring (bicyclic) bond motifs is 3. The Labute approximate surface area is 141 Å². The second-order valence-electron chi connectivity index (χ2n) is 7.49. The van der Waals surface area contributed by atoms with Crippen LogP contribution < -0.4 is 5.56 Å². The number of likely N-dealkylation sites (N-methyl/N-ethyl adjacent to an activating group) is 1. The van der Waals surface area contributed by atoms with Crippen LogP contribution in [-0.2, 0) is 11.2 Å². The first-order chi connectivity index (χ1) is 11.2. The summed E-state index contributed by atoms with van der Waals surface area (Å²) in [6.45, 7) is 2.49. The fourth-order valence-corrected chi connectivity index (χ4v) is 3.17. The van der Waals surface area contributed by atoms with Gasteiger partial charge in [0.15, 0.2) is 5.78 Å². The lowest BCUT2D eigenvalue weighted by Gasteiger charge is -2.23. The molecule has 0 aliphatic rings. The fourth-order valence-electron chi connectivity index (χ4n) is 3.17. The molecule has 0 spiro atoms. The van der Waals surface area contributed by atoms with Crippen molar-refractivity contribution in [1.82, 2.24) is 4.98 Å². The van der Waals surface area contributed by atoms with E-state index in [2.05, 4.69) is 11.1 Å². The first-order valence-electron chi connectivity index (χ1n) is 8.11. The van der Waals surface area contributed by atoms with Crippen LogP contribution in [-0.4, -0.2) is 42.9 Å². The smallest absolute Gasteiger partial charge is 0.256 e. The summed E-state index contributed by atoms with van der Waals surface area (Å²) >= 11 is 0. The van der Waals surface area contributed by atoms with Crippen LogP contribution in [0, 0.1) is 6.92 Å². The predicted molar refractivity (Wildman–Crippen MR) is 98.4 cm³/mol. The molecule has 0 saturated heterocycles. The number of aromatic amines is 1. The summed E-state index contributed by atoms with van der Waals surface area (Å²) in [4.78, 5) is 27.5. The molecule has 124 valence electrons. The molecule has 0 unspecified atom stereocenters. The van der Waals surface area contributed by atoms with E-state index in [-0.39, 0.29) is 11.3 Å². The van der Waals surface area contributed by atoms with E-state index in [1.54, 1.807) is 0 Å². The number of pyridine rings is 1. The number of rotatable bonds is 4. The molecule has 0 saturated carbocycles. The Morgan fingerprint density at radius 1 is 1.04 bits per heavy atom. The molecule has 1 aromatic heterocycles. The van der Waals surface area contributed by atoms with Crippen molar-refractivity contribution in [2.75, 3.05) is 27.7 Å². The van der Waals surface area contributed by atoms with Crippen molar-refractivity contribution in [3.63, 3.8) is 0 Å². The number of hydrogen-bond donors (Lipinski definition) is 1. The summed E-state index contributed by atoms with van der Waals surface area (Å²) in [5.74, 6) is 0.221. The number of hydrogen-bond acceptors (Lipinski definition) is 2. The zero-order valence-corrected chi connectivity index (χ0v) is 14.6. The van der Waals surface area contributed by atoms with E-state index in [4.69, 9.17) is 0 Å². The van der Waals surface area contributed by atoms with Crippen molar-refractivity contribution in [1.29, 1.82) is 0 Å². The van der Waals surface area contributed by atoms with E-state index in [1.165, 1.54) is 0 Å². The quantitative estimate of drug-likeness (QED) is 0.593. The molecule has 1 N–H and O–H groups in total. The SMILES string of the molecule is Cc1cc2[nH]c(=O)c3ccccc3c2cc1CC(=O)C[N+](C)(C)C. The minimum absolute atomic E-state index is 0.0774. The normalized spacial score (nSPS) is 12.0. The predicted octanol–water partition coefficient (Wildman–Crippen LogP) is 2.81. The highest BCUT2D eigenvalue weighted by Crippen LogP contribution is 2.24. The lowest BCUT2D eigenvalue weighted by Crippen LogP contribution is -2.40. The molecule has 24 heavy (non-hydrogen) atoms. The summed E-state index contributed by atoms with van der Waals surface area (Å²) < 4.78 is 0.627. The minimum Gasteiger partial charge on any atom is -0.325 e. The van der Waals surface area contributed by atoms with E-state index in [0.29, 0.717) is 22.8 Å². The topological polar surface area (TPSA) is 49.9 Å². The number of benzene rings is 2. The van der Waals surface area contributed by atoms with Crippen molar-refractivity contribution in [2.24, 2.45) is 0 Å². The summed E-state index contributed by atoms with van der Waals surface area (Å²) in [7, 11) is 6.05. The van der Waals surface area contributed by atoms with Crippen LogP contribution in [0.15, 0.2) is 41.2 Å². The van der Waals surface area contributed by atoms with Gasteiger partial charge in [-0.2, -0.15) is 0 Å². The number of aryl methyl sites for hydroxylation is 1. The van der Waals surface area contributed by atoms with E-state index in [1.807, 2.05) is 58.4 Å². The van der Waals surface area contributed by atoms with Crippen LogP contribution in [0.3, 0.4) is 0 Å². The molecule has 0 aliphatic heterocycles. The molecule has 0 fully saturated rings. The van der Waals surface area contributed by atoms with Crippen LogP contribution >= 0.6 is 0 Å². The molecule has 4 heteroatoms. The molecule has 0 atom stereocenters.